The molecule has 0 heterocycles. The summed E-state index contributed by atoms with van der Waals surface area (Å²) in [5.74, 6) is 0.0394. The summed E-state index contributed by atoms with van der Waals surface area (Å²) in [4.78, 5) is 12.1. The molecule has 2 nitrogen and oxygen atoms in total. The zero-order valence-electron chi connectivity index (χ0n) is 10.0. The number of benzene rings is 2. The minimum Gasteiger partial charge on any atom is -0.321 e. The van der Waals surface area contributed by atoms with Crippen molar-refractivity contribution in [3.05, 3.63) is 48.0 Å². The van der Waals surface area contributed by atoms with Crippen LogP contribution in [0.3, 0.4) is 0 Å². The number of ketones is 1. The molecular formula is C15H17NO. The van der Waals surface area contributed by atoms with Crippen molar-refractivity contribution in [2.75, 3.05) is 0 Å². The quantitative estimate of drug-likeness (QED) is 0.815. The molecule has 17 heavy (non-hydrogen) atoms. The van der Waals surface area contributed by atoms with Gasteiger partial charge in [0, 0.05) is 5.56 Å². The van der Waals surface area contributed by atoms with E-state index in [4.69, 9.17) is 5.73 Å². The van der Waals surface area contributed by atoms with Crippen molar-refractivity contribution in [2.24, 2.45) is 5.73 Å². The third-order valence-corrected chi connectivity index (χ3v) is 2.97. The molecule has 0 spiro atoms. The van der Waals surface area contributed by atoms with E-state index < -0.39 is 0 Å². The fourth-order valence-corrected chi connectivity index (χ4v) is 2.00. The number of rotatable bonds is 4. The first kappa shape index (κ1) is 11.8. The molecule has 0 aliphatic carbocycles. The van der Waals surface area contributed by atoms with Gasteiger partial charge in [0.1, 0.15) is 0 Å². The molecule has 0 amide bonds. The van der Waals surface area contributed by atoms with Crippen LogP contribution in [-0.4, -0.2) is 11.8 Å². The molecule has 0 aliphatic heterocycles. The van der Waals surface area contributed by atoms with Crippen molar-refractivity contribution in [3.63, 3.8) is 0 Å². The van der Waals surface area contributed by atoms with Crippen molar-refractivity contribution in [2.45, 2.75) is 25.8 Å². The second kappa shape index (κ2) is 5.11. The maximum atomic E-state index is 12.1. The van der Waals surface area contributed by atoms with Gasteiger partial charge in [-0.05, 0) is 23.3 Å². The van der Waals surface area contributed by atoms with Crippen molar-refractivity contribution in [1.82, 2.24) is 0 Å². The number of carbonyl (C=O) groups excluding carboxylic acids is 1. The van der Waals surface area contributed by atoms with Gasteiger partial charge < -0.3 is 5.73 Å². The first-order valence-electron chi connectivity index (χ1n) is 6.01. The van der Waals surface area contributed by atoms with Gasteiger partial charge in [-0.2, -0.15) is 0 Å². The Morgan fingerprint density at radius 1 is 1.18 bits per heavy atom. The Kier molecular flexibility index (Phi) is 3.55. The van der Waals surface area contributed by atoms with Crippen LogP contribution in [0.1, 0.15) is 30.1 Å². The first-order valence-corrected chi connectivity index (χ1v) is 6.01. The van der Waals surface area contributed by atoms with Gasteiger partial charge in [-0.25, -0.2) is 0 Å². The van der Waals surface area contributed by atoms with Crippen molar-refractivity contribution < 1.29 is 4.79 Å². The lowest BCUT2D eigenvalue weighted by Gasteiger charge is -2.09. The highest BCUT2D eigenvalue weighted by Gasteiger charge is 2.14. The molecule has 2 rings (SSSR count). The molecule has 0 saturated heterocycles. The Morgan fingerprint density at radius 2 is 1.88 bits per heavy atom. The van der Waals surface area contributed by atoms with E-state index in [1.54, 1.807) is 0 Å². The summed E-state index contributed by atoms with van der Waals surface area (Å²) in [6.45, 7) is 2.04. The van der Waals surface area contributed by atoms with Gasteiger partial charge in [0.2, 0.25) is 0 Å². The predicted molar refractivity (Wildman–Crippen MR) is 71.2 cm³/mol. The number of Topliss-reactive ketones (excluding diaryl/α,β-unsaturated/α-hetero) is 1. The van der Waals surface area contributed by atoms with Gasteiger partial charge >= 0.3 is 0 Å². The molecule has 2 aromatic carbocycles. The van der Waals surface area contributed by atoms with Crippen LogP contribution in [0.4, 0.5) is 0 Å². The van der Waals surface area contributed by atoms with Crippen LogP contribution in [0.2, 0.25) is 0 Å². The average Bonchev–Trinajstić information content (AvgIpc) is 2.37. The van der Waals surface area contributed by atoms with E-state index in [0.29, 0.717) is 5.56 Å². The fraction of sp³-hybridized carbons (Fsp3) is 0.267. The molecule has 0 aromatic heterocycles. The summed E-state index contributed by atoms with van der Waals surface area (Å²) in [5.41, 5.74) is 6.57. The molecule has 0 radical (unpaired) electrons. The largest absolute Gasteiger partial charge is 0.321 e. The van der Waals surface area contributed by atoms with Crippen molar-refractivity contribution in [1.29, 1.82) is 0 Å². The van der Waals surface area contributed by atoms with Crippen LogP contribution in [0, 0.1) is 0 Å². The lowest BCUT2D eigenvalue weighted by molar-refractivity contribution is 0.0957. The third-order valence-electron chi connectivity index (χ3n) is 2.97. The Morgan fingerprint density at radius 3 is 2.59 bits per heavy atom. The normalized spacial score (nSPS) is 12.6. The van der Waals surface area contributed by atoms with Gasteiger partial charge in [-0.1, -0.05) is 49.7 Å². The topological polar surface area (TPSA) is 43.1 Å². The summed E-state index contributed by atoms with van der Waals surface area (Å²) >= 11 is 0. The van der Waals surface area contributed by atoms with Gasteiger partial charge in [0.15, 0.2) is 5.78 Å². The van der Waals surface area contributed by atoms with E-state index in [0.717, 1.165) is 23.6 Å². The number of hydrogen-bond acceptors (Lipinski definition) is 2. The van der Waals surface area contributed by atoms with Gasteiger partial charge in [0.25, 0.3) is 0 Å². The summed E-state index contributed by atoms with van der Waals surface area (Å²) < 4.78 is 0. The minimum atomic E-state index is -0.374. The molecule has 1 atom stereocenters. The maximum absolute atomic E-state index is 12.1. The standard InChI is InChI=1S/C15H17NO/c1-2-5-14(16)15(17)13-9-8-11-6-3-4-7-12(11)10-13/h3-4,6-10,14H,2,5,16H2,1H3. The van der Waals surface area contributed by atoms with E-state index in [9.17, 15) is 4.79 Å². The number of nitrogens with two attached hydrogens (primary N) is 1. The lowest BCUT2D eigenvalue weighted by Crippen LogP contribution is -2.30. The van der Waals surface area contributed by atoms with Crippen LogP contribution < -0.4 is 5.73 Å². The summed E-state index contributed by atoms with van der Waals surface area (Å²) in [5, 5.41) is 2.23. The molecule has 0 bridgehead atoms. The molecule has 0 fully saturated rings. The van der Waals surface area contributed by atoms with Gasteiger partial charge in [-0.15, -0.1) is 0 Å². The second-order valence-corrected chi connectivity index (χ2v) is 4.32. The van der Waals surface area contributed by atoms with E-state index in [1.165, 1.54) is 0 Å². The van der Waals surface area contributed by atoms with Gasteiger partial charge in [0.05, 0.1) is 6.04 Å². The number of fused-ring (bicyclic) bond motifs is 1. The van der Waals surface area contributed by atoms with Crippen LogP contribution in [0.25, 0.3) is 10.8 Å². The monoisotopic (exact) mass is 227 g/mol. The van der Waals surface area contributed by atoms with E-state index >= 15 is 0 Å². The highest BCUT2D eigenvalue weighted by atomic mass is 16.1. The van der Waals surface area contributed by atoms with E-state index in [1.807, 2.05) is 49.4 Å². The molecule has 2 aromatic rings. The predicted octanol–water partition coefficient (Wildman–Crippen LogP) is 3.15. The zero-order valence-corrected chi connectivity index (χ0v) is 10.0. The average molecular weight is 227 g/mol. The fourth-order valence-electron chi connectivity index (χ4n) is 2.00. The minimum absolute atomic E-state index is 0.0394. The summed E-state index contributed by atoms with van der Waals surface area (Å²) in [6, 6.07) is 13.4. The maximum Gasteiger partial charge on any atom is 0.179 e. The molecular weight excluding hydrogens is 210 g/mol. The Bertz CT molecular complexity index is 533. The van der Waals surface area contributed by atoms with Crippen molar-refractivity contribution >= 4 is 16.6 Å². The van der Waals surface area contributed by atoms with Crippen molar-refractivity contribution in [3.8, 4) is 0 Å². The molecule has 0 aliphatic rings. The zero-order chi connectivity index (χ0) is 12.3. The van der Waals surface area contributed by atoms with Crippen LogP contribution >= 0.6 is 0 Å². The molecule has 1 unspecified atom stereocenters. The number of hydrogen-bond donors (Lipinski definition) is 1. The molecule has 2 N–H and O–H groups in total. The third kappa shape index (κ3) is 2.53. The van der Waals surface area contributed by atoms with Crippen LogP contribution in [0.5, 0.6) is 0 Å². The molecule has 0 saturated carbocycles. The van der Waals surface area contributed by atoms with Crippen LogP contribution in [-0.2, 0) is 0 Å². The van der Waals surface area contributed by atoms with E-state index in [-0.39, 0.29) is 11.8 Å². The smallest absolute Gasteiger partial charge is 0.179 e. The SMILES string of the molecule is CCCC(N)C(=O)c1ccc2ccccc2c1. The Labute approximate surface area is 101 Å². The summed E-state index contributed by atoms with van der Waals surface area (Å²) in [7, 11) is 0. The summed E-state index contributed by atoms with van der Waals surface area (Å²) in [6.07, 6.45) is 1.67. The highest BCUT2D eigenvalue weighted by molar-refractivity contribution is 6.02. The lowest BCUT2D eigenvalue weighted by atomic mass is 9.98. The number of carbonyl (C=O) groups is 1. The first-order chi connectivity index (χ1) is 8.22. The van der Waals surface area contributed by atoms with Gasteiger partial charge in [-0.3, -0.25) is 4.79 Å². The van der Waals surface area contributed by atoms with E-state index in [2.05, 4.69) is 0 Å². The Balaban J connectivity index is 2.33. The second-order valence-electron chi connectivity index (χ2n) is 4.32. The Hall–Kier alpha value is -1.67. The van der Waals surface area contributed by atoms with Crippen LogP contribution in [0.15, 0.2) is 42.5 Å². The molecule has 2 heteroatoms. The molecule has 88 valence electrons. The highest BCUT2D eigenvalue weighted by Crippen LogP contribution is 2.17.